The van der Waals surface area contributed by atoms with Crippen LogP contribution in [-0.2, 0) is 9.59 Å². The van der Waals surface area contributed by atoms with E-state index in [9.17, 15) is 9.59 Å². The summed E-state index contributed by atoms with van der Waals surface area (Å²) in [5.74, 6) is -0.387. The van der Waals surface area contributed by atoms with Gasteiger partial charge in [0.15, 0.2) is 0 Å². The molecule has 0 spiro atoms. The maximum Gasteiger partial charge on any atom is 0.251 e. The highest BCUT2D eigenvalue weighted by Gasteiger charge is 2.36. The molecule has 3 rings (SSSR count). The highest BCUT2D eigenvalue weighted by molar-refractivity contribution is 6.33. The lowest BCUT2D eigenvalue weighted by molar-refractivity contribution is -0.123. The molecule has 1 aliphatic rings. The van der Waals surface area contributed by atoms with Crippen molar-refractivity contribution in [1.29, 1.82) is 5.26 Å². The minimum Gasteiger partial charge on any atom is -0.325 e. The van der Waals surface area contributed by atoms with Crippen molar-refractivity contribution in [3.63, 3.8) is 0 Å². The maximum atomic E-state index is 12.2. The number of rotatable bonds is 3. The second-order valence-electron chi connectivity index (χ2n) is 5.10. The third-order valence-electron chi connectivity index (χ3n) is 3.56. The van der Waals surface area contributed by atoms with E-state index in [2.05, 4.69) is 15.7 Å². The highest BCUT2D eigenvalue weighted by Crippen LogP contribution is 2.31. The van der Waals surface area contributed by atoms with Crippen molar-refractivity contribution in [2.75, 3.05) is 10.6 Å². The molecule has 1 aromatic heterocycles. The Labute approximate surface area is 136 Å². The van der Waals surface area contributed by atoms with Gasteiger partial charge in [0.25, 0.3) is 5.91 Å². The molecule has 23 heavy (non-hydrogen) atoms. The Bertz CT molecular complexity index is 852. The number of fused-ring (bicyclic) bond motifs is 1. The Morgan fingerprint density at radius 3 is 2.96 bits per heavy atom. The van der Waals surface area contributed by atoms with E-state index in [1.54, 1.807) is 31.2 Å². The Hall–Kier alpha value is -2.85. The molecule has 2 amide bonds. The minimum absolute atomic E-state index is 0.101. The number of anilines is 2. The van der Waals surface area contributed by atoms with Gasteiger partial charge in [-0.15, -0.1) is 0 Å². The summed E-state index contributed by atoms with van der Waals surface area (Å²) in [6, 6.07) is 8.05. The van der Waals surface area contributed by atoms with Gasteiger partial charge in [0.2, 0.25) is 5.91 Å². The van der Waals surface area contributed by atoms with Crippen LogP contribution in [0.15, 0.2) is 24.3 Å². The predicted octanol–water partition coefficient (Wildman–Crippen LogP) is 2.24. The van der Waals surface area contributed by atoms with E-state index >= 15 is 0 Å². The quantitative estimate of drug-likeness (QED) is 0.901. The second-order valence-corrected chi connectivity index (χ2v) is 5.51. The fourth-order valence-electron chi connectivity index (χ4n) is 2.46. The molecular weight excluding hydrogens is 318 g/mol. The van der Waals surface area contributed by atoms with Crippen LogP contribution in [-0.4, -0.2) is 21.6 Å². The van der Waals surface area contributed by atoms with Gasteiger partial charge in [-0.3, -0.25) is 9.59 Å². The molecule has 2 aromatic rings. The zero-order valence-corrected chi connectivity index (χ0v) is 12.9. The molecular formula is C15H12ClN5O2. The molecule has 0 saturated heterocycles. The standard InChI is InChI=1S/C15H12ClN5O2/c1-8-9(7-17)14-19-15(23)12(21(14)20-8)6-13(22)18-11-5-3-2-4-10(11)16/h2-5,12H,6H2,1H3,(H,18,22)(H,19,23)/t12-/m0/s1. The van der Waals surface area contributed by atoms with Crippen molar-refractivity contribution in [2.45, 2.75) is 19.4 Å². The number of halogens is 1. The molecule has 1 atom stereocenters. The number of benzene rings is 1. The van der Waals surface area contributed by atoms with Crippen LogP contribution >= 0.6 is 11.6 Å². The van der Waals surface area contributed by atoms with Crippen LogP contribution in [0.3, 0.4) is 0 Å². The number of para-hydroxylation sites is 1. The molecule has 7 nitrogen and oxygen atoms in total. The molecule has 2 heterocycles. The number of nitrogens with zero attached hydrogens (tertiary/aromatic N) is 3. The lowest BCUT2D eigenvalue weighted by Crippen LogP contribution is -2.23. The molecule has 8 heteroatoms. The van der Waals surface area contributed by atoms with E-state index < -0.39 is 6.04 Å². The normalized spacial score (nSPS) is 15.7. The van der Waals surface area contributed by atoms with E-state index in [4.69, 9.17) is 16.9 Å². The van der Waals surface area contributed by atoms with Crippen molar-refractivity contribution in [1.82, 2.24) is 9.78 Å². The van der Waals surface area contributed by atoms with Crippen LogP contribution in [0.25, 0.3) is 0 Å². The average molecular weight is 330 g/mol. The largest absolute Gasteiger partial charge is 0.325 e. The van der Waals surface area contributed by atoms with Crippen molar-refractivity contribution < 1.29 is 9.59 Å². The van der Waals surface area contributed by atoms with Crippen LogP contribution in [0.2, 0.25) is 5.02 Å². The maximum absolute atomic E-state index is 12.2. The first-order valence-electron chi connectivity index (χ1n) is 6.85. The summed E-state index contributed by atoms with van der Waals surface area (Å²) in [7, 11) is 0. The van der Waals surface area contributed by atoms with Crippen LogP contribution in [0.4, 0.5) is 11.5 Å². The summed E-state index contributed by atoms with van der Waals surface area (Å²) < 4.78 is 1.39. The molecule has 116 valence electrons. The highest BCUT2D eigenvalue weighted by atomic mass is 35.5. The molecule has 0 radical (unpaired) electrons. The van der Waals surface area contributed by atoms with Crippen molar-refractivity contribution >= 4 is 34.9 Å². The Balaban J connectivity index is 1.79. The molecule has 2 N–H and O–H groups in total. The molecule has 0 aliphatic carbocycles. The van der Waals surface area contributed by atoms with Crippen LogP contribution < -0.4 is 10.6 Å². The lowest BCUT2D eigenvalue weighted by Gasteiger charge is -2.10. The summed E-state index contributed by atoms with van der Waals surface area (Å²) in [4.78, 5) is 24.2. The predicted molar refractivity (Wildman–Crippen MR) is 84.0 cm³/mol. The number of nitrogens with one attached hydrogen (secondary N) is 2. The van der Waals surface area contributed by atoms with Gasteiger partial charge >= 0.3 is 0 Å². The van der Waals surface area contributed by atoms with Crippen molar-refractivity contribution in [2.24, 2.45) is 0 Å². The van der Waals surface area contributed by atoms with Gasteiger partial charge < -0.3 is 10.6 Å². The van der Waals surface area contributed by atoms with E-state index in [0.717, 1.165) is 0 Å². The van der Waals surface area contributed by atoms with E-state index in [1.807, 2.05) is 6.07 Å². The number of nitriles is 1. The second kappa shape index (κ2) is 5.74. The Morgan fingerprint density at radius 1 is 1.52 bits per heavy atom. The van der Waals surface area contributed by atoms with Gasteiger partial charge in [-0.2, -0.15) is 10.4 Å². The van der Waals surface area contributed by atoms with Crippen molar-refractivity contribution in [3.8, 4) is 6.07 Å². The van der Waals surface area contributed by atoms with Gasteiger partial charge in [0.1, 0.15) is 23.5 Å². The summed E-state index contributed by atoms with van der Waals surface area (Å²) >= 11 is 5.99. The smallest absolute Gasteiger partial charge is 0.251 e. The first kappa shape index (κ1) is 15.1. The molecule has 0 bridgehead atoms. The van der Waals surface area contributed by atoms with E-state index in [-0.39, 0.29) is 18.2 Å². The molecule has 0 fully saturated rings. The molecule has 0 unspecified atom stereocenters. The van der Waals surface area contributed by atoms with Gasteiger partial charge in [0, 0.05) is 0 Å². The topological polar surface area (TPSA) is 99.8 Å². The number of carbonyl (C=O) groups is 2. The Kier molecular flexibility index (Phi) is 3.76. The fraction of sp³-hybridized carbons (Fsp3) is 0.200. The van der Waals surface area contributed by atoms with Gasteiger partial charge in [-0.05, 0) is 19.1 Å². The summed E-state index contributed by atoms with van der Waals surface area (Å²) in [6.07, 6.45) is -0.101. The van der Waals surface area contributed by atoms with Crippen LogP contribution in [0.1, 0.15) is 23.7 Å². The zero-order chi connectivity index (χ0) is 16.6. The zero-order valence-electron chi connectivity index (χ0n) is 12.1. The first-order chi connectivity index (χ1) is 11.0. The fourth-order valence-corrected chi connectivity index (χ4v) is 2.64. The van der Waals surface area contributed by atoms with Gasteiger partial charge in [0.05, 0.1) is 22.8 Å². The summed E-state index contributed by atoms with van der Waals surface area (Å²) in [6.45, 7) is 1.68. The molecule has 1 aliphatic heterocycles. The number of carbonyl (C=O) groups excluding carboxylic acids is 2. The first-order valence-corrected chi connectivity index (χ1v) is 7.23. The van der Waals surface area contributed by atoms with E-state index in [1.165, 1.54) is 4.68 Å². The summed E-state index contributed by atoms with van der Waals surface area (Å²) in [5.41, 5.74) is 1.30. The Morgan fingerprint density at radius 2 is 2.26 bits per heavy atom. The summed E-state index contributed by atoms with van der Waals surface area (Å²) in [5, 5.41) is 19.0. The monoisotopic (exact) mass is 329 g/mol. The number of hydrogen-bond acceptors (Lipinski definition) is 4. The van der Waals surface area contributed by atoms with Gasteiger partial charge in [-0.25, -0.2) is 4.68 Å². The molecule has 0 saturated carbocycles. The molecule has 1 aromatic carbocycles. The van der Waals surface area contributed by atoms with Gasteiger partial charge in [-0.1, -0.05) is 23.7 Å². The third kappa shape index (κ3) is 2.64. The van der Waals surface area contributed by atoms with E-state index in [0.29, 0.717) is 27.8 Å². The SMILES string of the molecule is Cc1nn2c(c1C#N)NC(=O)[C@@H]2CC(=O)Nc1ccccc1Cl. The van der Waals surface area contributed by atoms with Crippen LogP contribution in [0.5, 0.6) is 0 Å². The average Bonchev–Trinajstić information content (AvgIpc) is 2.96. The lowest BCUT2D eigenvalue weighted by atomic mass is 10.2. The number of hydrogen-bond donors (Lipinski definition) is 2. The van der Waals surface area contributed by atoms with Crippen molar-refractivity contribution in [3.05, 3.63) is 40.5 Å². The minimum atomic E-state index is -0.784. The number of aromatic nitrogens is 2. The third-order valence-corrected chi connectivity index (χ3v) is 3.89. The van der Waals surface area contributed by atoms with Crippen LogP contribution in [0, 0.1) is 18.3 Å². The number of amides is 2. The number of aryl methyl sites for hydroxylation is 1.